The Morgan fingerprint density at radius 1 is 1.29 bits per heavy atom. The van der Waals surface area contributed by atoms with Gasteiger partial charge in [0.15, 0.2) is 0 Å². The molecule has 0 bridgehead atoms. The Kier molecular flexibility index (Phi) is 6.64. The summed E-state index contributed by atoms with van der Waals surface area (Å²) in [4.78, 5) is 28.4. The number of piperazine rings is 1. The van der Waals surface area contributed by atoms with Crippen LogP contribution in [-0.2, 0) is 9.53 Å². The van der Waals surface area contributed by atoms with Crippen molar-refractivity contribution in [2.24, 2.45) is 5.41 Å². The molecule has 1 unspecified atom stereocenters. The SMILES string of the molecule is C#CC1CN(C(=O)C=CC2=C(C)CCCC2(C)C)CCN1C(=O)OC(C)(C)C. The lowest BCUT2D eigenvalue weighted by Crippen LogP contribution is -2.56. The number of carbonyl (C=O) groups excluding carboxylic acids is 2. The molecule has 2 amide bonds. The lowest BCUT2D eigenvalue weighted by molar-refractivity contribution is -0.128. The third-order valence-corrected chi connectivity index (χ3v) is 5.45. The summed E-state index contributed by atoms with van der Waals surface area (Å²) in [5, 5.41) is 0. The minimum Gasteiger partial charge on any atom is -0.444 e. The van der Waals surface area contributed by atoms with Crippen LogP contribution in [0.1, 0.15) is 60.8 Å². The fourth-order valence-corrected chi connectivity index (χ4v) is 3.94. The van der Waals surface area contributed by atoms with E-state index in [-0.39, 0.29) is 11.3 Å². The number of ether oxygens (including phenoxy) is 1. The standard InChI is InChI=1S/C23H34N2O3/c1-8-18-16-24(14-15-25(18)21(27)28-22(3,4)5)20(26)12-11-19-17(2)10-9-13-23(19,6)7/h1,11-12,18H,9-10,13-16H2,2-7H3. The van der Waals surface area contributed by atoms with E-state index in [0.29, 0.717) is 19.6 Å². The second-order valence-electron chi connectivity index (χ2n) is 9.41. The molecule has 0 spiro atoms. The van der Waals surface area contributed by atoms with Crippen LogP contribution < -0.4 is 0 Å². The molecule has 1 aliphatic heterocycles. The van der Waals surface area contributed by atoms with Crippen molar-refractivity contribution in [3.05, 3.63) is 23.3 Å². The Morgan fingerprint density at radius 3 is 2.54 bits per heavy atom. The second-order valence-corrected chi connectivity index (χ2v) is 9.41. The second kappa shape index (κ2) is 8.43. The van der Waals surface area contributed by atoms with Crippen molar-refractivity contribution in [3.63, 3.8) is 0 Å². The average Bonchev–Trinajstić information content (AvgIpc) is 2.58. The van der Waals surface area contributed by atoms with E-state index in [0.717, 1.165) is 12.8 Å². The summed E-state index contributed by atoms with van der Waals surface area (Å²) in [6.45, 7) is 13.2. The molecule has 28 heavy (non-hydrogen) atoms. The van der Waals surface area contributed by atoms with E-state index in [1.165, 1.54) is 22.5 Å². The van der Waals surface area contributed by atoms with Crippen LogP contribution in [0, 0.1) is 17.8 Å². The molecule has 0 aromatic carbocycles. The number of hydrogen-bond donors (Lipinski definition) is 0. The summed E-state index contributed by atoms with van der Waals surface area (Å²) < 4.78 is 5.43. The van der Waals surface area contributed by atoms with Gasteiger partial charge in [-0.05, 0) is 57.9 Å². The van der Waals surface area contributed by atoms with Gasteiger partial charge in [0.2, 0.25) is 5.91 Å². The molecule has 0 aromatic heterocycles. The highest BCUT2D eigenvalue weighted by Crippen LogP contribution is 2.40. The molecule has 5 heteroatoms. The van der Waals surface area contributed by atoms with Crippen LogP contribution in [0.3, 0.4) is 0 Å². The van der Waals surface area contributed by atoms with Crippen LogP contribution in [0.15, 0.2) is 23.3 Å². The normalized spacial score (nSPS) is 23.0. The average molecular weight is 387 g/mol. The van der Waals surface area contributed by atoms with Crippen LogP contribution >= 0.6 is 0 Å². The Bertz CT molecular complexity index is 719. The molecule has 2 rings (SSSR count). The molecule has 1 saturated heterocycles. The molecule has 0 radical (unpaired) electrons. The van der Waals surface area contributed by atoms with E-state index in [1.807, 2.05) is 26.8 Å². The van der Waals surface area contributed by atoms with Crippen LogP contribution in [0.25, 0.3) is 0 Å². The molecule has 5 nitrogen and oxygen atoms in total. The van der Waals surface area contributed by atoms with Crippen LogP contribution in [0.4, 0.5) is 4.79 Å². The fourth-order valence-electron chi connectivity index (χ4n) is 3.94. The number of hydrogen-bond acceptors (Lipinski definition) is 3. The van der Waals surface area contributed by atoms with Gasteiger partial charge in [-0.2, -0.15) is 0 Å². The zero-order valence-corrected chi connectivity index (χ0v) is 18.2. The van der Waals surface area contributed by atoms with Crippen molar-refractivity contribution in [2.45, 2.75) is 72.4 Å². The molecule has 1 aliphatic carbocycles. The molecule has 0 N–H and O–H groups in total. The van der Waals surface area contributed by atoms with Crippen molar-refractivity contribution >= 4 is 12.0 Å². The van der Waals surface area contributed by atoms with Crippen molar-refractivity contribution < 1.29 is 14.3 Å². The Hall–Kier alpha value is -2.22. The summed E-state index contributed by atoms with van der Waals surface area (Å²) in [6, 6.07) is -0.479. The molecule has 1 atom stereocenters. The first-order valence-electron chi connectivity index (χ1n) is 10.1. The van der Waals surface area contributed by atoms with Gasteiger partial charge < -0.3 is 9.64 Å². The third-order valence-electron chi connectivity index (χ3n) is 5.45. The minimum atomic E-state index is -0.579. The first-order valence-corrected chi connectivity index (χ1v) is 10.1. The number of nitrogens with zero attached hydrogens (tertiary/aromatic N) is 2. The van der Waals surface area contributed by atoms with Crippen LogP contribution in [0.5, 0.6) is 0 Å². The number of terminal acetylenes is 1. The Balaban J connectivity index is 2.05. The van der Waals surface area contributed by atoms with Gasteiger partial charge >= 0.3 is 6.09 Å². The van der Waals surface area contributed by atoms with Gasteiger partial charge in [-0.15, -0.1) is 6.42 Å². The van der Waals surface area contributed by atoms with E-state index in [4.69, 9.17) is 11.2 Å². The predicted molar refractivity (Wildman–Crippen MR) is 112 cm³/mol. The van der Waals surface area contributed by atoms with Gasteiger partial charge in [-0.25, -0.2) is 4.79 Å². The molecule has 0 aromatic rings. The number of allylic oxidation sites excluding steroid dienone is 3. The van der Waals surface area contributed by atoms with Gasteiger partial charge in [-0.3, -0.25) is 9.69 Å². The maximum Gasteiger partial charge on any atom is 0.411 e. The van der Waals surface area contributed by atoms with E-state index >= 15 is 0 Å². The molecule has 0 saturated carbocycles. The lowest BCUT2D eigenvalue weighted by Gasteiger charge is -2.39. The molecular weight excluding hydrogens is 352 g/mol. The zero-order chi connectivity index (χ0) is 21.1. The summed E-state index contributed by atoms with van der Waals surface area (Å²) in [7, 11) is 0. The Morgan fingerprint density at radius 2 is 1.96 bits per heavy atom. The number of carbonyl (C=O) groups is 2. The highest BCUT2D eigenvalue weighted by molar-refractivity contribution is 5.88. The van der Waals surface area contributed by atoms with Crippen LogP contribution in [0.2, 0.25) is 0 Å². The fraction of sp³-hybridized carbons (Fsp3) is 0.652. The van der Waals surface area contributed by atoms with E-state index in [9.17, 15) is 9.59 Å². The minimum absolute atomic E-state index is 0.0641. The molecule has 1 fully saturated rings. The van der Waals surface area contributed by atoms with Gasteiger partial charge in [0.1, 0.15) is 11.6 Å². The molecular formula is C23H34N2O3. The highest BCUT2D eigenvalue weighted by Gasteiger charge is 2.34. The summed E-state index contributed by atoms with van der Waals surface area (Å²) in [5.41, 5.74) is 2.13. The quantitative estimate of drug-likeness (QED) is 0.529. The third kappa shape index (κ3) is 5.41. The maximum absolute atomic E-state index is 12.7. The molecule has 1 heterocycles. The smallest absolute Gasteiger partial charge is 0.411 e. The summed E-state index contributed by atoms with van der Waals surface area (Å²) in [6.07, 6.45) is 12.3. The summed E-state index contributed by atoms with van der Waals surface area (Å²) in [5.74, 6) is 2.56. The van der Waals surface area contributed by atoms with Crippen molar-refractivity contribution in [2.75, 3.05) is 19.6 Å². The summed E-state index contributed by atoms with van der Waals surface area (Å²) >= 11 is 0. The van der Waals surface area contributed by atoms with Crippen molar-refractivity contribution in [1.29, 1.82) is 0 Å². The van der Waals surface area contributed by atoms with Crippen LogP contribution in [-0.4, -0.2) is 53.1 Å². The van der Waals surface area contributed by atoms with Crippen molar-refractivity contribution in [3.8, 4) is 12.3 Å². The molecule has 2 aliphatic rings. The first-order chi connectivity index (χ1) is 12.9. The maximum atomic E-state index is 12.7. The van der Waals surface area contributed by atoms with Gasteiger partial charge in [0, 0.05) is 19.2 Å². The zero-order valence-electron chi connectivity index (χ0n) is 18.2. The van der Waals surface area contributed by atoms with Gasteiger partial charge in [-0.1, -0.05) is 31.4 Å². The number of amides is 2. The van der Waals surface area contributed by atoms with E-state index < -0.39 is 17.7 Å². The van der Waals surface area contributed by atoms with Gasteiger partial charge in [0.05, 0.1) is 6.54 Å². The number of rotatable bonds is 2. The first kappa shape index (κ1) is 22.1. The monoisotopic (exact) mass is 386 g/mol. The predicted octanol–water partition coefficient (Wildman–Crippen LogP) is 4.15. The highest BCUT2D eigenvalue weighted by atomic mass is 16.6. The lowest BCUT2D eigenvalue weighted by atomic mass is 9.72. The van der Waals surface area contributed by atoms with Gasteiger partial charge in [0.25, 0.3) is 0 Å². The largest absolute Gasteiger partial charge is 0.444 e. The van der Waals surface area contributed by atoms with Crippen molar-refractivity contribution in [1.82, 2.24) is 9.80 Å². The van der Waals surface area contributed by atoms with E-state index in [1.54, 1.807) is 11.0 Å². The Labute approximate surface area is 169 Å². The topological polar surface area (TPSA) is 49.9 Å². The molecule has 154 valence electrons. The van der Waals surface area contributed by atoms with E-state index in [2.05, 4.69) is 26.7 Å².